The summed E-state index contributed by atoms with van der Waals surface area (Å²) in [6.07, 6.45) is 7.71. The Hall–Kier alpha value is -2.98. The molecule has 2 saturated heterocycles. The quantitative estimate of drug-likeness (QED) is 0.367. The first-order chi connectivity index (χ1) is 19.2. The number of nitrogens with zero attached hydrogens (tertiary/aromatic N) is 3. The Labute approximate surface area is 260 Å². The second-order valence-corrected chi connectivity index (χ2v) is 13.0. The van der Waals surface area contributed by atoms with Gasteiger partial charge in [0.1, 0.15) is 0 Å². The molecule has 0 aliphatic carbocycles. The number of likely N-dealkylation sites (tertiary alicyclic amines) is 2. The van der Waals surface area contributed by atoms with E-state index in [2.05, 4.69) is 15.2 Å². The normalized spacial score (nSPS) is 17.3. The van der Waals surface area contributed by atoms with Gasteiger partial charge >= 0.3 is 0 Å². The van der Waals surface area contributed by atoms with Gasteiger partial charge in [0, 0.05) is 38.3 Å². The van der Waals surface area contributed by atoms with Crippen LogP contribution in [0.1, 0.15) is 53.2 Å². The van der Waals surface area contributed by atoms with Crippen LogP contribution in [-0.4, -0.2) is 67.5 Å². The summed E-state index contributed by atoms with van der Waals surface area (Å²) < 4.78 is 23.5. The molecule has 5 rings (SSSR count). The van der Waals surface area contributed by atoms with Crippen molar-refractivity contribution in [1.82, 2.24) is 20.1 Å². The molecule has 2 aromatic carbocycles. The molecular formula is C31H38Cl2N4O4S. The molecule has 8 nitrogen and oxygen atoms in total. The van der Waals surface area contributed by atoms with Crippen molar-refractivity contribution >= 4 is 46.5 Å². The minimum absolute atomic E-state index is 0. The van der Waals surface area contributed by atoms with Crippen molar-refractivity contribution < 1.29 is 18.0 Å². The molecule has 0 unspecified atom stereocenters. The van der Waals surface area contributed by atoms with E-state index in [4.69, 9.17) is 0 Å². The molecule has 1 aromatic heterocycles. The van der Waals surface area contributed by atoms with Crippen LogP contribution in [0.15, 0.2) is 84.0 Å². The molecule has 2 aliphatic rings. The van der Waals surface area contributed by atoms with Crippen molar-refractivity contribution in [1.29, 1.82) is 0 Å². The van der Waals surface area contributed by atoms with Gasteiger partial charge in [-0.05, 0) is 74.2 Å². The van der Waals surface area contributed by atoms with Gasteiger partial charge in [-0.3, -0.25) is 14.6 Å². The van der Waals surface area contributed by atoms with E-state index in [9.17, 15) is 18.0 Å². The Morgan fingerprint density at radius 2 is 1.62 bits per heavy atom. The zero-order valence-electron chi connectivity index (χ0n) is 23.6. The lowest BCUT2D eigenvalue weighted by Crippen LogP contribution is -2.45. The fourth-order valence-corrected chi connectivity index (χ4v) is 6.46. The number of rotatable bonds is 9. The maximum atomic E-state index is 13.5. The van der Waals surface area contributed by atoms with E-state index in [1.165, 1.54) is 6.26 Å². The second-order valence-electron chi connectivity index (χ2n) is 11.0. The van der Waals surface area contributed by atoms with Crippen molar-refractivity contribution in [2.45, 2.75) is 43.2 Å². The number of amides is 2. The molecule has 226 valence electrons. The summed E-state index contributed by atoms with van der Waals surface area (Å²) in [6.45, 7) is 3.75. The monoisotopic (exact) mass is 632 g/mol. The van der Waals surface area contributed by atoms with E-state index in [-0.39, 0.29) is 48.1 Å². The molecule has 3 heterocycles. The average molecular weight is 634 g/mol. The number of hydrogen-bond donors (Lipinski definition) is 1. The Morgan fingerprint density at radius 1 is 0.952 bits per heavy atom. The van der Waals surface area contributed by atoms with Crippen molar-refractivity contribution in [3.8, 4) is 0 Å². The maximum Gasteiger partial charge on any atom is 0.253 e. The molecule has 0 saturated carbocycles. The number of pyridine rings is 1. The Morgan fingerprint density at radius 3 is 2.24 bits per heavy atom. The van der Waals surface area contributed by atoms with Crippen LogP contribution in [-0.2, 0) is 21.2 Å². The number of nitrogens with one attached hydrogen (secondary N) is 1. The summed E-state index contributed by atoms with van der Waals surface area (Å²) in [5.41, 5.74) is 2.24. The van der Waals surface area contributed by atoms with E-state index in [1.807, 2.05) is 35.2 Å². The summed E-state index contributed by atoms with van der Waals surface area (Å²) in [7, 11) is -3.24. The first-order valence-corrected chi connectivity index (χ1v) is 15.7. The third-order valence-electron chi connectivity index (χ3n) is 8.30. The van der Waals surface area contributed by atoms with Gasteiger partial charge in [-0.1, -0.05) is 42.5 Å². The van der Waals surface area contributed by atoms with Crippen LogP contribution >= 0.6 is 24.8 Å². The van der Waals surface area contributed by atoms with Gasteiger partial charge in [-0.25, -0.2) is 8.42 Å². The van der Waals surface area contributed by atoms with Gasteiger partial charge in [0.05, 0.1) is 21.9 Å². The van der Waals surface area contributed by atoms with Crippen LogP contribution in [0.3, 0.4) is 0 Å². The molecule has 1 N–H and O–H groups in total. The molecule has 2 amide bonds. The predicted octanol–water partition coefficient (Wildman–Crippen LogP) is 4.70. The summed E-state index contributed by atoms with van der Waals surface area (Å²) >= 11 is 0. The minimum Gasteiger partial charge on any atom is -0.345 e. The molecule has 0 bridgehead atoms. The third kappa shape index (κ3) is 7.89. The van der Waals surface area contributed by atoms with E-state index < -0.39 is 9.84 Å². The smallest absolute Gasteiger partial charge is 0.253 e. The van der Waals surface area contributed by atoms with Crippen LogP contribution in [0.4, 0.5) is 0 Å². The van der Waals surface area contributed by atoms with Crippen LogP contribution < -0.4 is 5.32 Å². The predicted molar refractivity (Wildman–Crippen MR) is 168 cm³/mol. The van der Waals surface area contributed by atoms with Crippen molar-refractivity contribution in [2.75, 3.05) is 32.4 Å². The fraction of sp³-hybridized carbons (Fsp3) is 0.387. The van der Waals surface area contributed by atoms with Gasteiger partial charge in [0.15, 0.2) is 9.84 Å². The SMILES string of the molecule is CS(=O)(=O)c1ccc(CN2CCC3(CCN(CC[C@H](NC(=O)c4cccnc4)c4ccccc4)CC3)C2=O)cc1.Cl.Cl. The molecule has 2 aliphatic heterocycles. The number of benzene rings is 2. The molecule has 42 heavy (non-hydrogen) atoms. The van der Waals surface area contributed by atoms with Gasteiger partial charge in [0.2, 0.25) is 5.91 Å². The van der Waals surface area contributed by atoms with E-state index in [0.29, 0.717) is 17.0 Å². The molecule has 2 fully saturated rings. The summed E-state index contributed by atoms with van der Waals surface area (Å²) in [5.74, 6) is 0.0763. The molecule has 3 aromatic rings. The van der Waals surface area contributed by atoms with Gasteiger partial charge in [0.25, 0.3) is 5.91 Å². The highest BCUT2D eigenvalue weighted by Gasteiger charge is 2.47. The largest absolute Gasteiger partial charge is 0.345 e. The Balaban J connectivity index is 0.00000242. The number of aromatic nitrogens is 1. The first kappa shape index (κ1) is 33.5. The van der Waals surface area contributed by atoms with E-state index >= 15 is 0 Å². The van der Waals surface area contributed by atoms with E-state index in [0.717, 1.165) is 63.0 Å². The summed E-state index contributed by atoms with van der Waals surface area (Å²) in [6, 6.07) is 20.3. The van der Waals surface area contributed by atoms with Crippen molar-refractivity contribution in [3.63, 3.8) is 0 Å². The number of carbonyl (C=O) groups excluding carboxylic acids is 2. The molecular weight excluding hydrogens is 595 g/mol. The minimum atomic E-state index is -3.24. The van der Waals surface area contributed by atoms with Crippen LogP contribution in [0, 0.1) is 5.41 Å². The average Bonchev–Trinajstić information content (AvgIpc) is 3.26. The highest BCUT2D eigenvalue weighted by Crippen LogP contribution is 2.42. The van der Waals surface area contributed by atoms with Gasteiger partial charge < -0.3 is 15.1 Å². The number of hydrogen-bond acceptors (Lipinski definition) is 6. The fourth-order valence-electron chi connectivity index (χ4n) is 5.83. The first-order valence-electron chi connectivity index (χ1n) is 13.8. The molecule has 0 radical (unpaired) electrons. The maximum absolute atomic E-state index is 13.5. The van der Waals surface area contributed by atoms with Gasteiger partial charge in [-0.15, -0.1) is 24.8 Å². The number of halogens is 2. The lowest BCUT2D eigenvalue weighted by Gasteiger charge is -2.38. The standard InChI is InChI=1S/C31H36N4O4S.2ClH/c1-40(38,39)27-11-9-24(10-12-27)23-35-21-16-31(30(35)37)14-19-34(20-15-31)18-13-28(25-6-3-2-4-7-25)33-29(36)26-8-5-17-32-22-26;;/h2-12,17,22,28H,13-16,18-21,23H2,1H3,(H,33,36);2*1H/t28-;;/m0../s1. The zero-order valence-corrected chi connectivity index (χ0v) is 26.1. The third-order valence-corrected chi connectivity index (χ3v) is 9.43. The van der Waals surface area contributed by atoms with Crippen LogP contribution in [0.25, 0.3) is 0 Å². The lowest BCUT2D eigenvalue weighted by atomic mass is 9.77. The molecule has 11 heteroatoms. The highest BCUT2D eigenvalue weighted by atomic mass is 35.5. The van der Waals surface area contributed by atoms with Crippen LogP contribution in [0.2, 0.25) is 0 Å². The Bertz CT molecular complexity index is 1430. The highest BCUT2D eigenvalue weighted by molar-refractivity contribution is 7.90. The van der Waals surface area contributed by atoms with Crippen molar-refractivity contribution in [3.05, 3.63) is 95.8 Å². The molecule has 1 spiro atoms. The number of sulfone groups is 1. The summed E-state index contributed by atoms with van der Waals surface area (Å²) in [5, 5.41) is 3.19. The Kier molecular flexibility index (Phi) is 11.5. The van der Waals surface area contributed by atoms with Gasteiger partial charge in [-0.2, -0.15) is 0 Å². The van der Waals surface area contributed by atoms with E-state index in [1.54, 1.807) is 48.8 Å². The molecule has 1 atom stereocenters. The lowest BCUT2D eigenvalue weighted by molar-refractivity contribution is -0.138. The van der Waals surface area contributed by atoms with Crippen molar-refractivity contribution in [2.24, 2.45) is 5.41 Å². The number of carbonyl (C=O) groups is 2. The van der Waals surface area contributed by atoms with Crippen LogP contribution in [0.5, 0.6) is 0 Å². The second kappa shape index (κ2) is 14.5. The number of piperidine rings is 1. The zero-order chi connectivity index (χ0) is 28.2. The topological polar surface area (TPSA) is 99.7 Å². The summed E-state index contributed by atoms with van der Waals surface area (Å²) in [4.78, 5) is 35.0.